The zero-order valence-electron chi connectivity index (χ0n) is 19.2. The smallest absolute Gasteiger partial charge is 0.130 e. The zero-order chi connectivity index (χ0) is 22.6. The third kappa shape index (κ3) is 5.05. The standard InChI is InChI=1S/C26H30N6O/c1-19-27-22(17-32-20(2)29-23-10-6-7-11-25(23)32)16-26(28-19)30-24(21-8-4-3-5-9-21)18-31-12-14-33-15-13-31/h3-11,16,24H,12-15,17-18H2,1-2H3,(H,27,28,30)/t24-/m0/s1. The van der Waals surface area contributed by atoms with Crippen LogP contribution in [-0.2, 0) is 11.3 Å². The van der Waals surface area contributed by atoms with Crippen LogP contribution in [0.25, 0.3) is 11.0 Å². The van der Waals surface area contributed by atoms with Gasteiger partial charge in [0.2, 0.25) is 0 Å². The van der Waals surface area contributed by atoms with Crippen molar-refractivity contribution < 1.29 is 4.74 Å². The Kier molecular flexibility index (Phi) is 6.32. The molecule has 1 saturated heterocycles. The molecule has 2 aromatic heterocycles. The molecule has 0 bridgehead atoms. The highest BCUT2D eigenvalue weighted by Crippen LogP contribution is 2.22. The second-order valence-electron chi connectivity index (χ2n) is 8.55. The number of para-hydroxylation sites is 2. The van der Waals surface area contributed by atoms with Gasteiger partial charge in [-0.3, -0.25) is 4.90 Å². The molecule has 4 aromatic rings. The molecule has 7 heteroatoms. The fraction of sp³-hybridized carbons (Fsp3) is 0.346. The molecule has 1 aliphatic rings. The van der Waals surface area contributed by atoms with E-state index >= 15 is 0 Å². The zero-order valence-corrected chi connectivity index (χ0v) is 19.2. The molecule has 1 aliphatic heterocycles. The van der Waals surface area contributed by atoms with Gasteiger partial charge in [-0.15, -0.1) is 0 Å². The van der Waals surface area contributed by atoms with Crippen LogP contribution >= 0.6 is 0 Å². The highest BCUT2D eigenvalue weighted by Gasteiger charge is 2.19. The van der Waals surface area contributed by atoms with Gasteiger partial charge < -0.3 is 14.6 Å². The molecule has 1 N–H and O–H groups in total. The summed E-state index contributed by atoms with van der Waals surface area (Å²) in [5.41, 5.74) is 4.34. The quantitative estimate of drug-likeness (QED) is 0.467. The van der Waals surface area contributed by atoms with Gasteiger partial charge in [0.05, 0.1) is 42.5 Å². The van der Waals surface area contributed by atoms with Crippen LogP contribution in [0.2, 0.25) is 0 Å². The molecule has 2 aromatic carbocycles. The lowest BCUT2D eigenvalue weighted by atomic mass is 10.1. The number of nitrogens with one attached hydrogen (secondary N) is 1. The number of hydrogen-bond acceptors (Lipinski definition) is 6. The van der Waals surface area contributed by atoms with Gasteiger partial charge in [0, 0.05) is 25.7 Å². The van der Waals surface area contributed by atoms with E-state index in [-0.39, 0.29) is 6.04 Å². The summed E-state index contributed by atoms with van der Waals surface area (Å²) in [4.78, 5) is 16.6. The number of hydrogen-bond donors (Lipinski definition) is 1. The lowest BCUT2D eigenvalue weighted by molar-refractivity contribution is 0.0360. The fourth-order valence-corrected chi connectivity index (χ4v) is 4.48. The van der Waals surface area contributed by atoms with Gasteiger partial charge in [0.25, 0.3) is 0 Å². The molecule has 0 aliphatic carbocycles. The van der Waals surface area contributed by atoms with Gasteiger partial charge in [-0.1, -0.05) is 42.5 Å². The van der Waals surface area contributed by atoms with Gasteiger partial charge in [0.1, 0.15) is 17.5 Å². The number of rotatable bonds is 7. The highest BCUT2D eigenvalue weighted by atomic mass is 16.5. The van der Waals surface area contributed by atoms with Crippen molar-refractivity contribution in [3.63, 3.8) is 0 Å². The normalized spacial score (nSPS) is 15.6. The van der Waals surface area contributed by atoms with Crippen molar-refractivity contribution in [1.29, 1.82) is 0 Å². The van der Waals surface area contributed by atoms with Crippen LogP contribution in [0.1, 0.15) is 28.9 Å². The van der Waals surface area contributed by atoms with Crippen molar-refractivity contribution in [2.24, 2.45) is 0 Å². The van der Waals surface area contributed by atoms with Crippen molar-refractivity contribution in [3.05, 3.63) is 83.6 Å². The van der Waals surface area contributed by atoms with Crippen LogP contribution in [-0.4, -0.2) is 57.3 Å². The second-order valence-corrected chi connectivity index (χ2v) is 8.55. The topological polar surface area (TPSA) is 68.1 Å². The number of aryl methyl sites for hydroxylation is 2. The molecule has 0 saturated carbocycles. The van der Waals surface area contributed by atoms with E-state index in [1.807, 2.05) is 32.0 Å². The maximum atomic E-state index is 5.54. The van der Waals surface area contributed by atoms with Crippen LogP contribution in [0.15, 0.2) is 60.7 Å². The minimum Gasteiger partial charge on any atom is -0.379 e. The minimum atomic E-state index is 0.127. The van der Waals surface area contributed by atoms with Gasteiger partial charge >= 0.3 is 0 Å². The number of imidazole rings is 1. The molecule has 0 unspecified atom stereocenters. The molecule has 3 heterocycles. The van der Waals surface area contributed by atoms with Crippen molar-refractivity contribution in [2.75, 3.05) is 38.2 Å². The number of nitrogens with zero attached hydrogens (tertiary/aromatic N) is 5. The van der Waals surface area contributed by atoms with Crippen molar-refractivity contribution >= 4 is 16.9 Å². The molecule has 170 valence electrons. The Morgan fingerprint density at radius 2 is 1.70 bits per heavy atom. The first-order valence-corrected chi connectivity index (χ1v) is 11.5. The predicted octanol–water partition coefficient (Wildman–Crippen LogP) is 3.98. The Hall–Kier alpha value is -3.29. The summed E-state index contributed by atoms with van der Waals surface area (Å²) in [6, 6.07) is 21.0. The fourth-order valence-electron chi connectivity index (χ4n) is 4.48. The number of anilines is 1. The van der Waals surface area contributed by atoms with Crippen molar-refractivity contribution in [1.82, 2.24) is 24.4 Å². The molecule has 5 rings (SSSR count). The molecule has 0 amide bonds. The Labute approximate surface area is 194 Å². The van der Waals surface area contributed by atoms with Crippen LogP contribution in [0.3, 0.4) is 0 Å². The van der Waals surface area contributed by atoms with Crippen LogP contribution in [0.5, 0.6) is 0 Å². The summed E-state index contributed by atoms with van der Waals surface area (Å²) in [7, 11) is 0. The number of aromatic nitrogens is 4. The number of morpholine rings is 1. The van der Waals surface area contributed by atoms with E-state index < -0.39 is 0 Å². The van der Waals surface area contributed by atoms with E-state index in [1.54, 1.807) is 0 Å². The van der Waals surface area contributed by atoms with E-state index in [0.29, 0.717) is 6.54 Å². The maximum Gasteiger partial charge on any atom is 0.130 e. The largest absolute Gasteiger partial charge is 0.379 e. The summed E-state index contributed by atoms with van der Waals surface area (Å²) in [5.74, 6) is 2.59. The first-order chi connectivity index (χ1) is 16.2. The van der Waals surface area contributed by atoms with Crippen LogP contribution in [0, 0.1) is 13.8 Å². The molecule has 1 fully saturated rings. The molecule has 0 radical (unpaired) electrons. The Balaban J connectivity index is 1.41. The summed E-state index contributed by atoms with van der Waals surface area (Å²) >= 11 is 0. The van der Waals surface area contributed by atoms with Gasteiger partial charge in [-0.05, 0) is 31.5 Å². The Bertz CT molecular complexity index is 1220. The third-order valence-electron chi connectivity index (χ3n) is 6.13. The first kappa shape index (κ1) is 21.6. The van der Waals surface area contributed by atoms with Crippen molar-refractivity contribution in [3.8, 4) is 0 Å². The first-order valence-electron chi connectivity index (χ1n) is 11.5. The number of benzene rings is 2. The van der Waals surface area contributed by atoms with Gasteiger partial charge in [-0.25, -0.2) is 15.0 Å². The number of ether oxygens (including phenoxy) is 1. The average Bonchev–Trinajstić information content (AvgIpc) is 3.14. The molecule has 1 atom stereocenters. The van der Waals surface area contributed by atoms with E-state index in [9.17, 15) is 0 Å². The molecule has 0 spiro atoms. The lowest BCUT2D eigenvalue weighted by Crippen LogP contribution is -2.40. The molecular weight excluding hydrogens is 412 g/mol. The Morgan fingerprint density at radius 3 is 2.52 bits per heavy atom. The average molecular weight is 443 g/mol. The van der Waals surface area contributed by atoms with E-state index in [4.69, 9.17) is 19.7 Å². The third-order valence-corrected chi connectivity index (χ3v) is 6.13. The number of fused-ring (bicyclic) bond motifs is 1. The van der Waals surface area contributed by atoms with E-state index in [2.05, 4.69) is 57.2 Å². The van der Waals surface area contributed by atoms with E-state index in [1.165, 1.54) is 5.56 Å². The summed E-state index contributed by atoms with van der Waals surface area (Å²) in [6.45, 7) is 9.03. The van der Waals surface area contributed by atoms with Crippen LogP contribution < -0.4 is 5.32 Å². The van der Waals surface area contributed by atoms with E-state index in [0.717, 1.165) is 67.0 Å². The lowest BCUT2D eigenvalue weighted by Gasteiger charge is -2.31. The second kappa shape index (κ2) is 9.68. The van der Waals surface area contributed by atoms with Gasteiger partial charge in [-0.2, -0.15) is 0 Å². The monoisotopic (exact) mass is 442 g/mol. The Morgan fingerprint density at radius 1 is 0.939 bits per heavy atom. The summed E-state index contributed by atoms with van der Waals surface area (Å²) in [6.07, 6.45) is 0. The van der Waals surface area contributed by atoms with Gasteiger partial charge in [0.15, 0.2) is 0 Å². The molecular formula is C26H30N6O. The van der Waals surface area contributed by atoms with Crippen LogP contribution in [0.4, 0.5) is 5.82 Å². The summed E-state index contributed by atoms with van der Waals surface area (Å²) in [5, 5.41) is 3.70. The predicted molar refractivity (Wildman–Crippen MR) is 130 cm³/mol. The molecule has 33 heavy (non-hydrogen) atoms. The maximum absolute atomic E-state index is 5.54. The molecule has 7 nitrogen and oxygen atoms in total. The SMILES string of the molecule is Cc1nc(Cn2c(C)nc3ccccc32)cc(N[C@@H](CN2CCOCC2)c2ccccc2)n1. The van der Waals surface area contributed by atoms with Crippen molar-refractivity contribution in [2.45, 2.75) is 26.4 Å². The highest BCUT2D eigenvalue weighted by molar-refractivity contribution is 5.75. The summed E-state index contributed by atoms with van der Waals surface area (Å²) < 4.78 is 7.75. The minimum absolute atomic E-state index is 0.127.